The van der Waals surface area contributed by atoms with E-state index in [0.717, 1.165) is 24.7 Å². The number of aliphatic imine (C=N–C) groups is 1. The van der Waals surface area contributed by atoms with E-state index in [4.69, 9.17) is 5.26 Å². The minimum absolute atomic E-state index is 0.726. The third-order valence-corrected chi connectivity index (χ3v) is 2.83. The first-order valence-corrected chi connectivity index (χ1v) is 5.31. The largest absolute Gasteiger partial charge is 0.338 e. The van der Waals surface area contributed by atoms with Crippen LogP contribution in [0.4, 0.5) is 5.69 Å². The Morgan fingerprint density at radius 2 is 2.19 bits per heavy atom. The fourth-order valence-corrected chi connectivity index (χ4v) is 2.01. The molecule has 0 aromatic heterocycles. The first-order chi connectivity index (χ1) is 7.77. The smallest absolute Gasteiger partial charge is 0.217 e. The number of anilines is 1. The summed E-state index contributed by atoms with van der Waals surface area (Å²) in [5.41, 5.74) is 2.39. The van der Waals surface area contributed by atoms with Crippen molar-refractivity contribution in [2.75, 3.05) is 18.5 Å². The zero-order chi connectivity index (χ0) is 11.5. The monoisotopic (exact) mass is 214 g/mol. The molecule has 2 rings (SSSR count). The number of hydrogen-bond donors (Lipinski definition) is 0. The SMILES string of the molecule is CCN1Cc2ccccc2N(C)C1=NC#N. The maximum atomic E-state index is 8.71. The molecule has 0 radical (unpaired) electrons. The highest BCUT2D eigenvalue weighted by Gasteiger charge is 2.24. The lowest BCUT2D eigenvalue weighted by molar-refractivity contribution is 0.419. The lowest BCUT2D eigenvalue weighted by Crippen LogP contribution is -2.46. The van der Waals surface area contributed by atoms with E-state index in [1.54, 1.807) is 0 Å². The number of hydrogen-bond acceptors (Lipinski definition) is 2. The molecule has 0 N–H and O–H groups in total. The van der Waals surface area contributed by atoms with Gasteiger partial charge in [0, 0.05) is 25.8 Å². The Kier molecular flexibility index (Phi) is 2.78. The van der Waals surface area contributed by atoms with Gasteiger partial charge in [0.05, 0.1) is 0 Å². The summed E-state index contributed by atoms with van der Waals surface area (Å²) >= 11 is 0. The number of guanidine groups is 1. The summed E-state index contributed by atoms with van der Waals surface area (Å²) in [6.07, 6.45) is 1.87. The van der Waals surface area contributed by atoms with Crippen LogP contribution < -0.4 is 4.90 Å². The predicted molar refractivity (Wildman–Crippen MR) is 64.0 cm³/mol. The topological polar surface area (TPSA) is 42.6 Å². The van der Waals surface area contributed by atoms with Crippen molar-refractivity contribution in [1.29, 1.82) is 5.26 Å². The zero-order valence-corrected chi connectivity index (χ0v) is 9.51. The van der Waals surface area contributed by atoms with Gasteiger partial charge >= 0.3 is 0 Å². The van der Waals surface area contributed by atoms with Gasteiger partial charge in [0.2, 0.25) is 12.2 Å². The Balaban J connectivity index is 2.47. The zero-order valence-electron chi connectivity index (χ0n) is 9.51. The molecule has 0 saturated heterocycles. The Morgan fingerprint density at radius 3 is 2.88 bits per heavy atom. The van der Waals surface area contributed by atoms with Gasteiger partial charge in [-0.2, -0.15) is 5.26 Å². The van der Waals surface area contributed by atoms with E-state index >= 15 is 0 Å². The lowest BCUT2D eigenvalue weighted by atomic mass is 10.1. The summed E-state index contributed by atoms with van der Waals surface area (Å²) in [5, 5.41) is 8.71. The molecule has 1 heterocycles. The molecule has 1 aromatic rings. The molecule has 0 amide bonds. The van der Waals surface area contributed by atoms with Crippen molar-refractivity contribution in [3.8, 4) is 6.19 Å². The van der Waals surface area contributed by atoms with Gasteiger partial charge in [-0.25, -0.2) is 0 Å². The molecule has 16 heavy (non-hydrogen) atoms. The van der Waals surface area contributed by atoms with Crippen LogP contribution in [0.5, 0.6) is 0 Å². The minimum Gasteiger partial charge on any atom is -0.338 e. The van der Waals surface area contributed by atoms with Crippen LogP contribution in [0.15, 0.2) is 29.3 Å². The fourth-order valence-electron chi connectivity index (χ4n) is 2.01. The molecular weight excluding hydrogens is 200 g/mol. The number of nitriles is 1. The molecule has 0 aliphatic carbocycles. The van der Waals surface area contributed by atoms with Crippen molar-refractivity contribution in [1.82, 2.24) is 4.90 Å². The van der Waals surface area contributed by atoms with Crippen LogP contribution in [-0.2, 0) is 6.54 Å². The van der Waals surface area contributed by atoms with Gasteiger partial charge in [-0.1, -0.05) is 18.2 Å². The van der Waals surface area contributed by atoms with E-state index in [9.17, 15) is 0 Å². The van der Waals surface area contributed by atoms with Crippen molar-refractivity contribution in [2.45, 2.75) is 13.5 Å². The Morgan fingerprint density at radius 1 is 1.44 bits per heavy atom. The normalized spacial score (nSPS) is 17.2. The van der Waals surface area contributed by atoms with E-state index in [-0.39, 0.29) is 0 Å². The molecule has 0 unspecified atom stereocenters. The Labute approximate surface area is 95.4 Å². The summed E-state index contributed by atoms with van der Waals surface area (Å²) in [6, 6.07) is 8.20. The molecule has 0 bridgehead atoms. The van der Waals surface area contributed by atoms with E-state index in [2.05, 4.69) is 28.9 Å². The maximum Gasteiger partial charge on any atom is 0.217 e. The van der Waals surface area contributed by atoms with Crippen LogP contribution in [-0.4, -0.2) is 24.5 Å². The number of rotatable bonds is 1. The average molecular weight is 214 g/mol. The van der Waals surface area contributed by atoms with Crippen LogP contribution in [0.25, 0.3) is 0 Å². The second-order valence-corrected chi connectivity index (χ2v) is 3.71. The van der Waals surface area contributed by atoms with Gasteiger partial charge in [0.1, 0.15) is 0 Å². The number of fused-ring (bicyclic) bond motifs is 1. The number of benzene rings is 1. The summed E-state index contributed by atoms with van der Waals surface area (Å²) < 4.78 is 0. The highest BCUT2D eigenvalue weighted by Crippen LogP contribution is 2.26. The van der Waals surface area contributed by atoms with E-state index in [1.165, 1.54) is 5.56 Å². The summed E-state index contributed by atoms with van der Waals surface area (Å²) in [6.45, 7) is 3.73. The van der Waals surface area contributed by atoms with E-state index in [1.807, 2.05) is 30.3 Å². The third-order valence-electron chi connectivity index (χ3n) is 2.83. The molecule has 4 nitrogen and oxygen atoms in total. The van der Waals surface area contributed by atoms with Gasteiger partial charge in [0.15, 0.2) is 0 Å². The van der Waals surface area contributed by atoms with Crippen molar-refractivity contribution >= 4 is 11.6 Å². The van der Waals surface area contributed by atoms with Gasteiger partial charge in [-0.15, -0.1) is 4.99 Å². The molecule has 82 valence electrons. The van der Waals surface area contributed by atoms with Crippen LogP contribution in [0.3, 0.4) is 0 Å². The molecule has 0 saturated carbocycles. The van der Waals surface area contributed by atoms with Crippen LogP contribution in [0.2, 0.25) is 0 Å². The standard InChI is InChI=1S/C12H14N4/c1-3-16-8-10-6-4-5-7-11(10)15(2)12(16)14-9-13/h4-7H,3,8H2,1-2H3. The highest BCUT2D eigenvalue weighted by molar-refractivity contribution is 5.98. The highest BCUT2D eigenvalue weighted by atomic mass is 15.4. The Bertz CT molecular complexity index is 458. The van der Waals surface area contributed by atoms with Crippen molar-refractivity contribution in [2.24, 2.45) is 4.99 Å². The minimum atomic E-state index is 0.726. The van der Waals surface area contributed by atoms with Gasteiger partial charge in [0.25, 0.3) is 0 Å². The van der Waals surface area contributed by atoms with E-state index < -0.39 is 0 Å². The average Bonchev–Trinajstić information content (AvgIpc) is 2.33. The fraction of sp³-hybridized carbons (Fsp3) is 0.333. The number of nitrogens with zero attached hydrogens (tertiary/aromatic N) is 4. The van der Waals surface area contributed by atoms with Crippen LogP contribution in [0.1, 0.15) is 12.5 Å². The van der Waals surface area contributed by atoms with Crippen LogP contribution >= 0.6 is 0 Å². The second-order valence-electron chi connectivity index (χ2n) is 3.71. The molecule has 0 spiro atoms. The number of para-hydroxylation sites is 1. The lowest BCUT2D eigenvalue weighted by Gasteiger charge is -2.37. The third kappa shape index (κ3) is 1.61. The van der Waals surface area contributed by atoms with Gasteiger partial charge < -0.3 is 9.80 Å². The summed E-state index contributed by atoms with van der Waals surface area (Å²) in [7, 11) is 1.94. The molecule has 1 aliphatic heterocycles. The first kappa shape index (κ1) is 10.5. The molecule has 1 aromatic carbocycles. The molecule has 4 heteroatoms. The first-order valence-electron chi connectivity index (χ1n) is 5.31. The molecule has 0 atom stereocenters. The molecule has 1 aliphatic rings. The van der Waals surface area contributed by atoms with Crippen LogP contribution in [0, 0.1) is 11.5 Å². The second kappa shape index (κ2) is 4.23. The van der Waals surface area contributed by atoms with Gasteiger partial charge in [-0.3, -0.25) is 0 Å². The summed E-state index contributed by atoms with van der Waals surface area (Å²) in [4.78, 5) is 7.94. The Hall–Kier alpha value is -2.02. The quantitative estimate of drug-likeness (QED) is 0.669. The summed E-state index contributed by atoms with van der Waals surface area (Å²) in [5.74, 6) is 0.726. The molecule has 0 fully saturated rings. The van der Waals surface area contributed by atoms with Crippen molar-refractivity contribution < 1.29 is 0 Å². The maximum absolute atomic E-state index is 8.71. The van der Waals surface area contributed by atoms with Crippen molar-refractivity contribution in [3.63, 3.8) is 0 Å². The molecular formula is C12H14N4. The van der Waals surface area contributed by atoms with E-state index in [0.29, 0.717) is 0 Å². The van der Waals surface area contributed by atoms with Gasteiger partial charge in [-0.05, 0) is 18.6 Å². The predicted octanol–water partition coefficient (Wildman–Crippen LogP) is 1.80. The van der Waals surface area contributed by atoms with Crippen molar-refractivity contribution in [3.05, 3.63) is 29.8 Å².